The molecule has 60 valence electrons. The second-order valence-corrected chi connectivity index (χ2v) is 4.97. The molecule has 0 aliphatic heterocycles. The summed E-state index contributed by atoms with van der Waals surface area (Å²) in [5.74, 6) is 0. The maximum atomic E-state index is 10.5. The number of rotatable bonds is 1. The van der Waals surface area contributed by atoms with E-state index in [1.165, 1.54) is 3.40 Å². The summed E-state index contributed by atoms with van der Waals surface area (Å²) in [5, 5.41) is 11.3. The van der Waals surface area contributed by atoms with Gasteiger partial charge in [0.25, 0.3) is 0 Å². The molecule has 0 N–H and O–H groups in total. The van der Waals surface area contributed by atoms with Gasteiger partial charge in [0.05, 0.1) is 0 Å². The zero-order chi connectivity index (χ0) is 8.55. The van der Waals surface area contributed by atoms with Crippen LogP contribution in [0.4, 0.5) is 5.69 Å². The molecular formula is C8H5NO2Te. The van der Waals surface area contributed by atoms with Gasteiger partial charge in [0.15, 0.2) is 0 Å². The van der Waals surface area contributed by atoms with E-state index in [4.69, 9.17) is 0 Å². The van der Waals surface area contributed by atoms with Crippen molar-refractivity contribution in [2.24, 2.45) is 0 Å². The second kappa shape index (κ2) is 2.89. The summed E-state index contributed by atoms with van der Waals surface area (Å²) in [6, 6.07) is 7.57. The Balaban J connectivity index is 2.79. The molecule has 12 heavy (non-hydrogen) atoms. The third-order valence-corrected chi connectivity index (χ3v) is 4.37. The van der Waals surface area contributed by atoms with E-state index < -0.39 is 20.4 Å². The van der Waals surface area contributed by atoms with Crippen molar-refractivity contribution in [2.45, 2.75) is 0 Å². The first-order chi connectivity index (χ1) is 5.79. The van der Waals surface area contributed by atoms with Crippen molar-refractivity contribution >= 4 is 34.9 Å². The van der Waals surface area contributed by atoms with E-state index in [1.807, 2.05) is 24.3 Å². The summed E-state index contributed by atoms with van der Waals surface area (Å²) in [4.78, 5) is 10.2. The molecule has 1 aromatic heterocycles. The van der Waals surface area contributed by atoms with E-state index in [0.717, 1.165) is 5.39 Å². The Labute approximate surface area is 78.4 Å². The fourth-order valence-electron chi connectivity index (χ4n) is 1.11. The normalized spacial score (nSPS) is 10.3. The minimum absolute atomic E-state index is 0.295. The molecular weight excluding hydrogens is 270 g/mol. The molecule has 0 atom stereocenters. The van der Waals surface area contributed by atoms with E-state index in [2.05, 4.69) is 0 Å². The van der Waals surface area contributed by atoms with E-state index in [9.17, 15) is 10.1 Å². The molecule has 4 heteroatoms. The van der Waals surface area contributed by atoms with E-state index >= 15 is 0 Å². The van der Waals surface area contributed by atoms with Crippen molar-refractivity contribution in [3.8, 4) is 0 Å². The Bertz CT molecular complexity index is 435. The number of hydrogen-bond acceptors (Lipinski definition) is 2. The molecule has 3 nitrogen and oxygen atoms in total. The Hall–Kier alpha value is -0.850. The molecule has 0 spiro atoms. The third kappa shape index (κ3) is 1.13. The zero-order valence-corrected chi connectivity index (χ0v) is 8.39. The second-order valence-electron chi connectivity index (χ2n) is 2.37. The Kier molecular flexibility index (Phi) is 1.87. The zero-order valence-electron chi connectivity index (χ0n) is 6.06. The molecule has 0 saturated heterocycles. The van der Waals surface area contributed by atoms with Gasteiger partial charge in [-0.3, -0.25) is 0 Å². The molecule has 1 heterocycles. The summed E-state index contributed by atoms with van der Waals surface area (Å²) in [7, 11) is 0. The number of fused-ring (bicyclic) bond motifs is 1. The van der Waals surface area contributed by atoms with Crippen LogP contribution in [0.1, 0.15) is 0 Å². The number of benzene rings is 1. The minimum atomic E-state index is -0.426. The predicted molar refractivity (Wildman–Crippen MR) is 47.5 cm³/mol. The van der Waals surface area contributed by atoms with Gasteiger partial charge < -0.3 is 0 Å². The van der Waals surface area contributed by atoms with E-state index in [0.29, 0.717) is 5.69 Å². The van der Waals surface area contributed by atoms with Crippen LogP contribution in [0.5, 0.6) is 0 Å². The van der Waals surface area contributed by atoms with Crippen LogP contribution in [-0.4, -0.2) is 25.4 Å². The van der Waals surface area contributed by atoms with Crippen molar-refractivity contribution in [3.63, 3.8) is 0 Å². The molecule has 0 radical (unpaired) electrons. The average molecular weight is 275 g/mol. The molecule has 2 aromatic rings. The topological polar surface area (TPSA) is 43.1 Å². The number of hydrogen-bond donors (Lipinski definition) is 0. The van der Waals surface area contributed by atoms with Crippen molar-refractivity contribution < 1.29 is 4.92 Å². The van der Waals surface area contributed by atoms with E-state index in [1.54, 1.807) is 4.08 Å². The van der Waals surface area contributed by atoms with Crippen LogP contribution in [0.2, 0.25) is 0 Å². The molecule has 0 aliphatic carbocycles. The van der Waals surface area contributed by atoms with Crippen LogP contribution in [0.25, 0.3) is 8.79 Å². The van der Waals surface area contributed by atoms with Gasteiger partial charge in [0.2, 0.25) is 0 Å². The monoisotopic (exact) mass is 277 g/mol. The summed E-state index contributed by atoms with van der Waals surface area (Å²) in [5.41, 5.74) is 0.299. The molecule has 0 bridgehead atoms. The standard InChI is InChI=1S/C8H5NO2Te/c10-9(11)7-5-12-8-4-2-1-3-6(7)8/h1-5H. The number of nitrogens with zero attached hydrogens (tertiary/aromatic N) is 1. The van der Waals surface area contributed by atoms with Gasteiger partial charge in [0, 0.05) is 0 Å². The summed E-state index contributed by atoms with van der Waals surface area (Å²) in [6.07, 6.45) is 0. The summed E-state index contributed by atoms with van der Waals surface area (Å²) in [6.45, 7) is 0. The SMILES string of the molecule is O=[N+]([O-])c1c[te]c2ccccc12. The van der Waals surface area contributed by atoms with Crippen molar-refractivity contribution in [1.29, 1.82) is 0 Å². The van der Waals surface area contributed by atoms with Crippen LogP contribution in [0.3, 0.4) is 0 Å². The van der Waals surface area contributed by atoms with Crippen LogP contribution >= 0.6 is 0 Å². The van der Waals surface area contributed by atoms with Gasteiger partial charge in [-0.2, -0.15) is 0 Å². The molecule has 0 unspecified atom stereocenters. The molecule has 0 aliphatic rings. The molecule has 0 amide bonds. The first kappa shape index (κ1) is 7.78. The maximum absolute atomic E-state index is 10.5. The fraction of sp³-hybridized carbons (Fsp3) is 0. The first-order valence-electron chi connectivity index (χ1n) is 3.39. The number of nitro groups is 1. The Morgan fingerprint density at radius 3 is 2.83 bits per heavy atom. The summed E-state index contributed by atoms with van der Waals surface area (Å²) < 4.78 is 2.96. The third-order valence-electron chi connectivity index (χ3n) is 1.66. The van der Waals surface area contributed by atoms with Gasteiger partial charge in [-0.1, -0.05) is 0 Å². The van der Waals surface area contributed by atoms with Crippen LogP contribution in [0.15, 0.2) is 28.3 Å². The van der Waals surface area contributed by atoms with Crippen molar-refractivity contribution in [3.05, 3.63) is 38.5 Å². The summed E-state index contributed by atoms with van der Waals surface area (Å²) >= 11 is -0.426. The Morgan fingerprint density at radius 2 is 2.08 bits per heavy atom. The van der Waals surface area contributed by atoms with Gasteiger partial charge in [-0.25, -0.2) is 0 Å². The first-order valence-corrected chi connectivity index (χ1v) is 5.91. The molecule has 0 fully saturated rings. The molecule has 2 rings (SSSR count). The van der Waals surface area contributed by atoms with Gasteiger partial charge in [0.1, 0.15) is 0 Å². The quantitative estimate of drug-likeness (QED) is 0.452. The average Bonchev–Trinajstić information content (AvgIpc) is 2.47. The molecule has 1 aromatic carbocycles. The Morgan fingerprint density at radius 1 is 1.33 bits per heavy atom. The van der Waals surface area contributed by atoms with Crippen LogP contribution in [-0.2, 0) is 0 Å². The van der Waals surface area contributed by atoms with Gasteiger partial charge >= 0.3 is 78.3 Å². The fourth-order valence-corrected chi connectivity index (χ4v) is 3.70. The van der Waals surface area contributed by atoms with Gasteiger partial charge in [-0.05, 0) is 0 Å². The van der Waals surface area contributed by atoms with Crippen LogP contribution < -0.4 is 0 Å². The predicted octanol–water partition coefficient (Wildman–Crippen LogP) is 1.80. The van der Waals surface area contributed by atoms with Crippen LogP contribution in [0, 0.1) is 10.1 Å². The van der Waals surface area contributed by atoms with Crippen molar-refractivity contribution in [1.82, 2.24) is 0 Å². The van der Waals surface area contributed by atoms with Gasteiger partial charge in [-0.15, -0.1) is 0 Å². The van der Waals surface area contributed by atoms with E-state index in [-0.39, 0.29) is 4.92 Å². The molecule has 0 saturated carbocycles. The van der Waals surface area contributed by atoms with Crippen molar-refractivity contribution in [2.75, 3.05) is 0 Å².